The molecule has 0 aliphatic rings. The maximum atomic E-state index is 12.9. The molecule has 0 fully saturated rings. The SMILES string of the molecule is CC.N#CCc1c(C#N)cc(C#N)cc1C(F)(F)F.N#CCc1cc(C#N)c(C(F)(F)F)c(C#N)c1C(F)(F)F. The van der Waals surface area contributed by atoms with Gasteiger partial charge in [0.05, 0.1) is 82.1 Å². The van der Waals surface area contributed by atoms with Crippen LogP contribution in [0.5, 0.6) is 0 Å². The molecule has 0 amide bonds. The summed E-state index contributed by atoms with van der Waals surface area (Å²) in [6.07, 6.45) is -16.7. The molecule has 2 rings (SSSR count). The minimum absolute atomic E-state index is 0.254. The van der Waals surface area contributed by atoms with E-state index in [1.807, 2.05) is 13.8 Å². The van der Waals surface area contributed by atoms with Crippen LogP contribution < -0.4 is 0 Å². The summed E-state index contributed by atoms with van der Waals surface area (Å²) in [4.78, 5) is 0. The molecule has 0 aliphatic heterocycles. The van der Waals surface area contributed by atoms with E-state index in [0.717, 1.165) is 18.2 Å². The van der Waals surface area contributed by atoms with Crippen LogP contribution in [0.25, 0.3) is 0 Å². The van der Waals surface area contributed by atoms with Gasteiger partial charge in [-0.15, -0.1) is 0 Å². The van der Waals surface area contributed by atoms with Crippen molar-refractivity contribution < 1.29 is 39.5 Å². The van der Waals surface area contributed by atoms with Gasteiger partial charge < -0.3 is 0 Å². The zero-order chi connectivity index (χ0) is 31.5. The van der Waals surface area contributed by atoms with Gasteiger partial charge in [0.15, 0.2) is 0 Å². The van der Waals surface area contributed by atoms with Crippen molar-refractivity contribution in [2.24, 2.45) is 0 Å². The van der Waals surface area contributed by atoms with E-state index in [1.54, 1.807) is 18.2 Å². The molecule has 0 heterocycles. The first kappa shape index (κ1) is 34.8. The number of rotatable bonds is 2. The van der Waals surface area contributed by atoms with Crippen molar-refractivity contribution in [2.45, 2.75) is 45.2 Å². The van der Waals surface area contributed by atoms with Crippen LogP contribution >= 0.6 is 0 Å². The largest absolute Gasteiger partial charge is 0.418 e. The van der Waals surface area contributed by atoms with Gasteiger partial charge in [0, 0.05) is 0 Å². The van der Waals surface area contributed by atoms with Crippen LogP contribution in [0, 0.1) is 68.0 Å². The molecule has 0 saturated carbocycles. The summed E-state index contributed by atoms with van der Waals surface area (Å²) in [5.74, 6) is 0. The fourth-order valence-corrected chi connectivity index (χ4v) is 3.14. The smallest absolute Gasteiger partial charge is 0.198 e. The zero-order valence-corrected chi connectivity index (χ0v) is 20.2. The van der Waals surface area contributed by atoms with Gasteiger partial charge in [0.2, 0.25) is 0 Å². The Kier molecular flexibility index (Phi) is 12.2. The molecule has 2 aromatic carbocycles. The highest BCUT2D eigenvalue weighted by Crippen LogP contribution is 2.43. The summed E-state index contributed by atoms with van der Waals surface area (Å²) in [6, 6.07) is 10.0. The number of halogens is 9. The van der Waals surface area contributed by atoms with Crippen LogP contribution in [0.15, 0.2) is 18.2 Å². The lowest BCUT2D eigenvalue weighted by molar-refractivity contribution is -0.144. The molecule has 6 nitrogen and oxygen atoms in total. The molecule has 206 valence electrons. The van der Waals surface area contributed by atoms with Crippen molar-refractivity contribution >= 4 is 0 Å². The molecule has 0 radical (unpaired) electrons. The predicted molar refractivity (Wildman–Crippen MR) is 117 cm³/mol. The maximum absolute atomic E-state index is 12.9. The van der Waals surface area contributed by atoms with Crippen LogP contribution in [0.4, 0.5) is 39.5 Å². The molecular formula is C25H13F9N6. The topological polar surface area (TPSA) is 143 Å². The molecule has 0 unspecified atom stereocenters. The lowest BCUT2D eigenvalue weighted by atomic mass is 9.90. The lowest BCUT2D eigenvalue weighted by Crippen LogP contribution is -2.19. The number of alkyl halides is 9. The maximum Gasteiger partial charge on any atom is 0.418 e. The molecule has 15 heteroatoms. The predicted octanol–water partition coefficient (Wildman–Crippen LogP) is 7.07. The second-order valence-electron chi connectivity index (χ2n) is 6.87. The summed E-state index contributed by atoms with van der Waals surface area (Å²) in [5, 5.41) is 51.6. The average Bonchev–Trinajstić information content (AvgIpc) is 2.87. The summed E-state index contributed by atoms with van der Waals surface area (Å²) in [5.41, 5.74) is -9.48. The van der Waals surface area contributed by atoms with Gasteiger partial charge in [-0.2, -0.15) is 71.1 Å². The molecular weight excluding hydrogens is 555 g/mol. The Morgan fingerprint density at radius 2 is 1.07 bits per heavy atom. The highest BCUT2D eigenvalue weighted by atomic mass is 19.4. The Labute approximate surface area is 221 Å². The van der Waals surface area contributed by atoms with Crippen molar-refractivity contribution in [2.75, 3.05) is 0 Å². The molecule has 0 atom stereocenters. The minimum atomic E-state index is -5.30. The molecule has 0 aromatic heterocycles. The van der Waals surface area contributed by atoms with E-state index in [4.69, 9.17) is 31.6 Å². The van der Waals surface area contributed by atoms with Crippen molar-refractivity contribution in [3.8, 4) is 36.4 Å². The molecule has 0 aliphatic carbocycles. The Morgan fingerprint density at radius 3 is 1.43 bits per heavy atom. The monoisotopic (exact) mass is 568 g/mol. The minimum Gasteiger partial charge on any atom is -0.198 e. The second-order valence-corrected chi connectivity index (χ2v) is 6.87. The van der Waals surface area contributed by atoms with Gasteiger partial charge in [0.25, 0.3) is 0 Å². The Balaban J connectivity index is 0.000000730. The highest BCUT2D eigenvalue weighted by Gasteiger charge is 2.45. The molecule has 40 heavy (non-hydrogen) atoms. The molecule has 0 saturated heterocycles. The van der Waals surface area contributed by atoms with E-state index in [-0.39, 0.29) is 16.7 Å². The summed E-state index contributed by atoms with van der Waals surface area (Å²) in [6.45, 7) is 4.00. The molecule has 0 spiro atoms. The zero-order valence-electron chi connectivity index (χ0n) is 20.2. The van der Waals surface area contributed by atoms with Gasteiger partial charge in [0.1, 0.15) is 6.07 Å². The van der Waals surface area contributed by atoms with Crippen LogP contribution in [-0.4, -0.2) is 0 Å². The molecule has 2 aromatic rings. The van der Waals surface area contributed by atoms with Crippen molar-refractivity contribution in [3.63, 3.8) is 0 Å². The van der Waals surface area contributed by atoms with Crippen molar-refractivity contribution in [1.29, 1.82) is 31.6 Å². The summed E-state index contributed by atoms with van der Waals surface area (Å²) in [7, 11) is 0. The van der Waals surface area contributed by atoms with Crippen LogP contribution in [0.2, 0.25) is 0 Å². The van der Waals surface area contributed by atoms with Crippen LogP contribution in [0.1, 0.15) is 63.9 Å². The van der Waals surface area contributed by atoms with Crippen LogP contribution in [0.3, 0.4) is 0 Å². The first-order chi connectivity index (χ1) is 18.5. The van der Waals surface area contributed by atoms with Crippen molar-refractivity contribution in [3.05, 3.63) is 68.3 Å². The summed E-state index contributed by atoms with van der Waals surface area (Å²) < 4.78 is 115. The van der Waals surface area contributed by atoms with E-state index < -0.39 is 64.8 Å². The van der Waals surface area contributed by atoms with E-state index in [9.17, 15) is 39.5 Å². The second kappa shape index (κ2) is 14.1. The number of nitriles is 6. The third-order valence-electron chi connectivity index (χ3n) is 4.54. The fraction of sp³-hybridized carbons (Fsp3) is 0.280. The quantitative estimate of drug-likeness (QED) is 0.355. The van der Waals surface area contributed by atoms with Gasteiger partial charge in [-0.25, -0.2) is 0 Å². The van der Waals surface area contributed by atoms with Crippen molar-refractivity contribution in [1.82, 2.24) is 0 Å². The van der Waals surface area contributed by atoms with E-state index in [2.05, 4.69) is 0 Å². The average molecular weight is 568 g/mol. The third-order valence-corrected chi connectivity index (χ3v) is 4.54. The molecule has 0 N–H and O–H groups in total. The number of hydrogen-bond donors (Lipinski definition) is 0. The normalized spacial score (nSPS) is 10.4. The summed E-state index contributed by atoms with van der Waals surface area (Å²) >= 11 is 0. The number of nitrogens with zero attached hydrogens (tertiary/aromatic N) is 6. The van der Waals surface area contributed by atoms with Gasteiger partial charge in [-0.05, 0) is 29.3 Å². The third kappa shape index (κ3) is 8.38. The van der Waals surface area contributed by atoms with Crippen LogP contribution in [-0.2, 0) is 31.4 Å². The Morgan fingerprint density at radius 1 is 0.575 bits per heavy atom. The van der Waals surface area contributed by atoms with E-state index >= 15 is 0 Å². The van der Waals surface area contributed by atoms with Gasteiger partial charge >= 0.3 is 18.5 Å². The number of hydrogen-bond acceptors (Lipinski definition) is 6. The lowest BCUT2D eigenvalue weighted by Gasteiger charge is -2.18. The standard InChI is InChI=1S/C12H3F6N3.C11H4F3N3.C2H6/c13-11(14,15)9-6(1-2-19)3-7(4-20)10(8(9)5-21)12(16,17)18;12-11(13,14)10-4-7(5-16)3-8(6-17)9(10)1-2-15;1-2/h3H,1H2;3-4H,1H2;1-2H3. The van der Waals surface area contributed by atoms with Gasteiger partial charge in [-0.1, -0.05) is 13.8 Å². The van der Waals surface area contributed by atoms with Gasteiger partial charge in [-0.3, -0.25) is 0 Å². The van der Waals surface area contributed by atoms with E-state index in [0.29, 0.717) is 12.1 Å². The fourth-order valence-electron chi connectivity index (χ4n) is 3.14. The molecule has 0 bridgehead atoms. The van der Waals surface area contributed by atoms with E-state index in [1.165, 1.54) is 6.07 Å². The first-order valence-corrected chi connectivity index (χ1v) is 10.4. The number of benzene rings is 2. The highest BCUT2D eigenvalue weighted by molar-refractivity contribution is 5.58. The Bertz CT molecular complexity index is 1490. The Hall–Kier alpha value is -5.25. The first-order valence-electron chi connectivity index (χ1n) is 10.4.